The van der Waals surface area contributed by atoms with Gasteiger partial charge in [0.2, 0.25) is 17.7 Å². The quantitative estimate of drug-likeness (QED) is 0.231. The van der Waals surface area contributed by atoms with Gasteiger partial charge >= 0.3 is 0 Å². The Morgan fingerprint density at radius 1 is 1.06 bits per heavy atom. The van der Waals surface area contributed by atoms with Gasteiger partial charge < -0.3 is 29.3 Å². The topological polar surface area (TPSA) is 99.6 Å². The number of rotatable bonds is 15. The molecule has 1 spiro atoms. The predicted octanol–water partition coefficient (Wildman–Crippen LogP) is 6.01. The highest BCUT2D eigenvalue weighted by atomic mass is 16.5. The van der Waals surface area contributed by atoms with Crippen molar-refractivity contribution in [2.24, 2.45) is 23.2 Å². The Kier molecular flexibility index (Phi) is 11.0. The zero-order valence-electron chi connectivity index (χ0n) is 30.8. The van der Waals surface area contributed by atoms with Gasteiger partial charge in [0.25, 0.3) is 0 Å². The summed E-state index contributed by atoms with van der Waals surface area (Å²) >= 11 is 0. The summed E-state index contributed by atoms with van der Waals surface area (Å²) in [6, 6.07) is 5.71. The lowest BCUT2D eigenvalue weighted by atomic mass is 9.64. The molecule has 3 amide bonds. The Balaban J connectivity index is 1.88. The van der Waals surface area contributed by atoms with Crippen LogP contribution in [0.15, 0.2) is 49.6 Å². The lowest BCUT2D eigenvalue weighted by Gasteiger charge is -2.47. The van der Waals surface area contributed by atoms with Crippen molar-refractivity contribution in [2.75, 3.05) is 31.2 Å². The van der Waals surface area contributed by atoms with Crippen molar-refractivity contribution in [3.8, 4) is 5.75 Å². The van der Waals surface area contributed by atoms with Gasteiger partial charge in [0.1, 0.15) is 17.4 Å². The summed E-state index contributed by atoms with van der Waals surface area (Å²) in [7, 11) is 0. The van der Waals surface area contributed by atoms with Crippen molar-refractivity contribution in [3.63, 3.8) is 0 Å². The number of carbonyl (C=O) groups excluding carboxylic acids is 3. The number of hydrogen-bond acceptors (Lipinski definition) is 6. The molecule has 48 heavy (non-hydrogen) atoms. The fraction of sp³-hybridized carbons (Fsp3) is 0.667. The number of benzene rings is 1. The molecule has 3 heterocycles. The number of carbonyl (C=O) groups is 3. The van der Waals surface area contributed by atoms with Crippen LogP contribution in [0.4, 0.5) is 5.69 Å². The number of anilines is 1. The number of likely N-dealkylation sites (tertiary alicyclic amines) is 1. The molecule has 2 unspecified atom stereocenters. The maximum absolute atomic E-state index is 15.2. The average molecular weight is 666 g/mol. The van der Waals surface area contributed by atoms with Crippen molar-refractivity contribution >= 4 is 23.4 Å². The molecule has 3 saturated heterocycles. The minimum absolute atomic E-state index is 0.0810. The second-order valence-electron chi connectivity index (χ2n) is 16.0. The molecule has 0 radical (unpaired) electrons. The molecule has 1 aromatic rings. The fourth-order valence-electron chi connectivity index (χ4n) is 9.10. The first-order valence-corrected chi connectivity index (χ1v) is 17.7. The molecular weight excluding hydrogens is 606 g/mol. The summed E-state index contributed by atoms with van der Waals surface area (Å²) in [4.78, 5) is 50.2. The maximum Gasteiger partial charge on any atom is 0.249 e. The van der Waals surface area contributed by atoms with Gasteiger partial charge in [0.15, 0.2) is 0 Å². The Bertz CT molecular complexity index is 1370. The van der Waals surface area contributed by atoms with Crippen molar-refractivity contribution in [3.05, 3.63) is 49.6 Å². The summed E-state index contributed by atoms with van der Waals surface area (Å²) in [5, 5.41) is 10.7. The van der Waals surface area contributed by atoms with Crippen LogP contribution < -0.4 is 9.64 Å². The van der Waals surface area contributed by atoms with Gasteiger partial charge in [0, 0.05) is 24.3 Å². The van der Waals surface area contributed by atoms with E-state index in [1.54, 1.807) is 22.0 Å². The first kappa shape index (κ1) is 37.6. The Morgan fingerprint density at radius 2 is 1.69 bits per heavy atom. The van der Waals surface area contributed by atoms with Crippen LogP contribution >= 0.6 is 0 Å². The second-order valence-corrected chi connectivity index (χ2v) is 16.0. The van der Waals surface area contributed by atoms with Crippen LogP contribution in [0.25, 0.3) is 0 Å². The highest BCUT2D eigenvalue weighted by molar-refractivity contribution is 6.03. The number of nitrogens with zero attached hydrogens (tertiary/aromatic N) is 3. The number of aliphatic hydroxyl groups is 1. The van der Waals surface area contributed by atoms with E-state index in [9.17, 15) is 14.7 Å². The van der Waals surface area contributed by atoms with Gasteiger partial charge in [-0.15, -0.1) is 13.2 Å². The smallest absolute Gasteiger partial charge is 0.249 e. The predicted molar refractivity (Wildman–Crippen MR) is 190 cm³/mol. The van der Waals surface area contributed by atoms with E-state index in [4.69, 9.17) is 9.47 Å². The molecule has 4 rings (SSSR count). The molecule has 0 aliphatic carbocycles. The van der Waals surface area contributed by atoms with Crippen LogP contribution in [0.3, 0.4) is 0 Å². The SMILES string of the molecule is C=CCN(C(=O)[C@H]1[C@H]2C(=O)N([C@@H](CO)C(C)C)C(C(=O)N(CC=C)C(C)(C)CC(C)(C)C)C23CC[C@]1(CC)O3)c1ccc(OCC)cc1. The third-order valence-corrected chi connectivity index (χ3v) is 10.7. The number of hydrogen-bond donors (Lipinski definition) is 1. The summed E-state index contributed by atoms with van der Waals surface area (Å²) in [5.41, 5.74) is -2.13. The summed E-state index contributed by atoms with van der Waals surface area (Å²) in [5.74, 6) is -1.91. The molecule has 1 N–H and O–H groups in total. The van der Waals surface area contributed by atoms with E-state index in [2.05, 4.69) is 47.8 Å². The van der Waals surface area contributed by atoms with Gasteiger partial charge in [-0.3, -0.25) is 14.4 Å². The minimum atomic E-state index is -1.22. The van der Waals surface area contributed by atoms with Gasteiger partial charge in [0.05, 0.1) is 36.7 Å². The fourth-order valence-corrected chi connectivity index (χ4v) is 9.10. The highest BCUT2D eigenvalue weighted by Crippen LogP contribution is 2.65. The van der Waals surface area contributed by atoms with E-state index in [0.717, 1.165) is 0 Å². The number of aliphatic hydroxyl groups excluding tert-OH is 1. The number of ether oxygens (including phenoxy) is 2. The second kappa shape index (κ2) is 14.0. The molecule has 2 bridgehead atoms. The zero-order chi connectivity index (χ0) is 35.8. The van der Waals surface area contributed by atoms with Crippen LogP contribution in [0.1, 0.15) is 88.0 Å². The monoisotopic (exact) mass is 665 g/mol. The number of amides is 3. The van der Waals surface area contributed by atoms with E-state index >= 15 is 4.79 Å². The summed E-state index contributed by atoms with van der Waals surface area (Å²) < 4.78 is 12.7. The van der Waals surface area contributed by atoms with Crippen LogP contribution in [0, 0.1) is 23.2 Å². The molecule has 0 aromatic heterocycles. The maximum atomic E-state index is 15.2. The first-order valence-electron chi connectivity index (χ1n) is 17.7. The summed E-state index contributed by atoms with van der Waals surface area (Å²) in [6.45, 7) is 27.0. The van der Waals surface area contributed by atoms with Crippen LogP contribution in [-0.2, 0) is 19.1 Å². The Labute approximate surface area is 288 Å². The molecule has 0 saturated carbocycles. The molecular formula is C39H59N3O6. The lowest BCUT2D eigenvalue weighted by molar-refractivity contribution is -0.161. The Morgan fingerprint density at radius 3 is 2.19 bits per heavy atom. The third kappa shape index (κ3) is 6.45. The molecule has 3 aliphatic heterocycles. The van der Waals surface area contributed by atoms with Crippen molar-refractivity contribution in [1.82, 2.24) is 9.80 Å². The zero-order valence-corrected chi connectivity index (χ0v) is 30.8. The van der Waals surface area contributed by atoms with Gasteiger partial charge in [-0.1, -0.05) is 53.7 Å². The van der Waals surface area contributed by atoms with Crippen LogP contribution in [0.2, 0.25) is 0 Å². The Hall–Kier alpha value is -3.17. The van der Waals surface area contributed by atoms with E-state index in [1.807, 2.05) is 56.9 Å². The lowest BCUT2D eigenvalue weighted by Crippen LogP contribution is -2.63. The molecule has 6 atom stereocenters. The molecule has 9 heteroatoms. The largest absolute Gasteiger partial charge is 0.494 e. The molecule has 1 aromatic carbocycles. The van der Waals surface area contributed by atoms with E-state index in [1.165, 1.54) is 0 Å². The highest BCUT2D eigenvalue weighted by Gasteiger charge is 2.79. The molecule has 266 valence electrons. The normalized spacial score (nSPS) is 27.2. The van der Waals surface area contributed by atoms with E-state index in [-0.39, 0.29) is 42.2 Å². The van der Waals surface area contributed by atoms with Gasteiger partial charge in [-0.2, -0.15) is 0 Å². The third-order valence-electron chi connectivity index (χ3n) is 10.7. The van der Waals surface area contributed by atoms with Crippen molar-refractivity contribution in [2.45, 2.75) is 117 Å². The van der Waals surface area contributed by atoms with E-state index in [0.29, 0.717) is 50.3 Å². The van der Waals surface area contributed by atoms with E-state index < -0.39 is 40.7 Å². The number of fused-ring (bicyclic) bond motifs is 1. The minimum Gasteiger partial charge on any atom is -0.494 e. The molecule has 9 nitrogen and oxygen atoms in total. The van der Waals surface area contributed by atoms with Gasteiger partial charge in [-0.05, 0) is 82.1 Å². The van der Waals surface area contributed by atoms with Crippen LogP contribution in [-0.4, -0.2) is 87.8 Å². The molecule has 3 aliphatic rings. The van der Waals surface area contributed by atoms with Crippen molar-refractivity contribution in [1.29, 1.82) is 0 Å². The van der Waals surface area contributed by atoms with Crippen LogP contribution in [0.5, 0.6) is 5.75 Å². The standard InChI is InChI=1S/C39H59N3O6/c1-12-22-40(27-16-18-28(19-17-27)47-15-4)33(44)30-31-34(45)42(29(24-43)26(5)6)32(39(31)21-20-38(30,14-3)48-39)35(46)41(23-13-2)37(10,11)25-36(7,8)9/h12-13,16-19,26,29-32,43H,1-2,14-15,20-25H2,3-11H3/t29-,30+,31-,32?,38-,39?/m0/s1. The van der Waals surface area contributed by atoms with Gasteiger partial charge in [-0.25, -0.2) is 0 Å². The van der Waals surface area contributed by atoms with Crippen molar-refractivity contribution < 1.29 is 29.0 Å². The molecule has 3 fully saturated rings. The average Bonchev–Trinajstić information content (AvgIpc) is 3.61. The summed E-state index contributed by atoms with van der Waals surface area (Å²) in [6.07, 6.45) is 5.64. The first-order chi connectivity index (χ1) is 22.5.